The molecule has 0 spiro atoms. The summed E-state index contributed by atoms with van der Waals surface area (Å²) >= 11 is 0. The van der Waals surface area contributed by atoms with Crippen LogP contribution in [0.15, 0.2) is 23.2 Å². The lowest BCUT2D eigenvalue weighted by Crippen LogP contribution is -2.46. The van der Waals surface area contributed by atoms with E-state index >= 15 is 0 Å². The fourth-order valence-corrected chi connectivity index (χ4v) is 3.56. The summed E-state index contributed by atoms with van der Waals surface area (Å²) in [6.45, 7) is 6.28. The summed E-state index contributed by atoms with van der Waals surface area (Å²) in [5.41, 5.74) is 5.74. The van der Waals surface area contributed by atoms with Gasteiger partial charge < -0.3 is 5.73 Å². The highest BCUT2D eigenvalue weighted by Gasteiger charge is 2.30. The fourth-order valence-electron chi connectivity index (χ4n) is 2.00. The molecule has 6 heteroatoms. The molecule has 108 valence electrons. The monoisotopic (exact) mass is 285 g/mol. The molecule has 3 N–H and O–H groups in total. The first kappa shape index (κ1) is 16.1. The molecule has 0 amide bonds. The predicted octanol–water partition coefficient (Wildman–Crippen LogP) is 1.79. The van der Waals surface area contributed by atoms with Crippen LogP contribution >= 0.6 is 0 Å². The number of nitrogens with one attached hydrogen (secondary N) is 1. The summed E-state index contributed by atoms with van der Waals surface area (Å²) < 4.78 is 27.5. The van der Waals surface area contributed by atoms with E-state index in [1.54, 1.807) is 12.1 Å². The van der Waals surface area contributed by atoms with Crippen LogP contribution in [0.2, 0.25) is 0 Å². The van der Waals surface area contributed by atoms with Crippen LogP contribution < -0.4 is 10.5 Å². The molecular weight excluding hydrogens is 262 g/mol. The average molecular weight is 285 g/mol. The average Bonchev–Trinajstić information content (AvgIpc) is 2.45. The normalized spacial score (nSPS) is 12.6. The van der Waals surface area contributed by atoms with Gasteiger partial charge in [0.25, 0.3) is 0 Å². The second-order valence-electron chi connectivity index (χ2n) is 4.64. The summed E-state index contributed by atoms with van der Waals surface area (Å²) in [7, 11) is -3.53. The highest BCUT2D eigenvalue weighted by atomic mass is 32.2. The van der Waals surface area contributed by atoms with Gasteiger partial charge in [-0.1, -0.05) is 20.8 Å². The Morgan fingerprint density at radius 3 is 2.16 bits per heavy atom. The van der Waals surface area contributed by atoms with Crippen LogP contribution in [0.5, 0.6) is 0 Å². The molecule has 1 aromatic rings. The number of nitrogens with zero attached hydrogens (tertiary/aromatic N) is 1. The number of aromatic nitrogens is 1. The molecule has 5 nitrogen and oxygen atoms in total. The Bertz CT molecular complexity index is 485. The van der Waals surface area contributed by atoms with Crippen LogP contribution in [-0.4, -0.2) is 18.9 Å². The zero-order chi connectivity index (χ0) is 14.5. The van der Waals surface area contributed by atoms with Crippen molar-refractivity contribution in [3.05, 3.63) is 24.0 Å². The smallest absolute Gasteiger partial charge is 0.242 e. The SMILES string of the molecule is CCC(CC)(CC)NS(=O)(=O)c1ccc(CN)nc1. The molecule has 0 aromatic carbocycles. The molecule has 0 aliphatic rings. The molecule has 0 aliphatic heterocycles. The maximum atomic E-state index is 12.3. The third-order valence-electron chi connectivity index (χ3n) is 3.70. The van der Waals surface area contributed by atoms with Crippen molar-refractivity contribution in [2.75, 3.05) is 0 Å². The van der Waals surface area contributed by atoms with Gasteiger partial charge in [0.15, 0.2) is 0 Å². The zero-order valence-corrected chi connectivity index (χ0v) is 12.6. The molecule has 0 aliphatic carbocycles. The minimum absolute atomic E-state index is 0.185. The number of rotatable bonds is 7. The Balaban J connectivity index is 3.03. The van der Waals surface area contributed by atoms with Crippen LogP contribution in [0.25, 0.3) is 0 Å². The zero-order valence-electron chi connectivity index (χ0n) is 11.8. The second kappa shape index (κ2) is 6.45. The minimum Gasteiger partial charge on any atom is -0.325 e. The van der Waals surface area contributed by atoms with E-state index < -0.39 is 10.0 Å². The van der Waals surface area contributed by atoms with Gasteiger partial charge in [-0.25, -0.2) is 13.1 Å². The van der Waals surface area contributed by atoms with Gasteiger partial charge in [0.1, 0.15) is 4.90 Å². The van der Waals surface area contributed by atoms with E-state index in [9.17, 15) is 8.42 Å². The van der Waals surface area contributed by atoms with Crippen LogP contribution in [0.1, 0.15) is 45.7 Å². The molecule has 0 saturated heterocycles. The number of nitrogens with two attached hydrogens (primary N) is 1. The van der Waals surface area contributed by atoms with E-state index in [2.05, 4.69) is 9.71 Å². The van der Waals surface area contributed by atoms with Gasteiger partial charge in [0.2, 0.25) is 10.0 Å². The number of sulfonamides is 1. The standard InChI is InChI=1S/C13H23N3O2S/c1-4-13(5-2,6-3)16-19(17,18)12-8-7-11(9-14)15-10-12/h7-8,10,16H,4-6,9,14H2,1-3H3. The van der Waals surface area contributed by atoms with E-state index in [-0.39, 0.29) is 10.4 Å². The summed E-state index contributed by atoms with van der Waals surface area (Å²) in [5, 5.41) is 0. The molecule has 1 rings (SSSR count). The van der Waals surface area contributed by atoms with E-state index in [1.807, 2.05) is 20.8 Å². The highest BCUT2D eigenvalue weighted by Crippen LogP contribution is 2.22. The summed E-state index contributed by atoms with van der Waals surface area (Å²) in [4.78, 5) is 4.21. The molecule has 0 unspecified atom stereocenters. The van der Waals surface area contributed by atoms with Gasteiger partial charge in [0.05, 0.1) is 5.69 Å². The first-order valence-corrected chi connectivity index (χ1v) is 8.10. The number of hydrogen-bond donors (Lipinski definition) is 2. The van der Waals surface area contributed by atoms with Crippen molar-refractivity contribution in [3.63, 3.8) is 0 Å². The molecule has 0 saturated carbocycles. The largest absolute Gasteiger partial charge is 0.325 e. The Labute approximate surface area is 115 Å². The van der Waals surface area contributed by atoms with Gasteiger partial charge in [-0.15, -0.1) is 0 Å². The molecule has 19 heavy (non-hydrogen) atoms. The van der Waals surface area contributed by atoms with Crippen LogP contribution in [-0.2, 0) is 16.6 Å². The fraction of sp³-hybridized carbons (Fsp3) is 0.615. The van der Waals surface area contributed by atoms with Crippen LogP contribution in [0.3, 0.4) is 0 Å². The number of hydrogen-bond acceptors (Lipinski definition) is 4. The summed E-state index contributed by atoms with van der Waals surface area (Å²) in [6.07, 6.45) is 3.63. The Hall–Kier alpha value is -0.980. The predicted molar refractivity (Wildman–Crippen MR) is 76.1 cm³/mol. The van der Waals surface area contributed by atoms with Crippen molar-refractivity contribution in [1.29, 1.82) is 0 Å². The lowest BCUT2D eigenvalue weighted by Gasteiger charge is -2.31. The van der Waals surface area contributed by atoms with E-state index in [4.69, 9.17) is 5.73 Å². The third kappa shape index (κ3) is 3.75. The van der Waals surface area contributed by atoms with E-state index in [0.717, 1.165) is 19.3 Å². The van der Waals surface area contributed by atoms with Crippen molar-refractivity contribution in [3.8, 4) is 0 Å². The molecule has 1 aromatic heterocycles. The lowest BCUT2D eigenvalue weighted by atomic mass is 9.91. The van der Waals surface area contributed by atoms with Crippen molar-refractivity contribution in [2.45, 2.75) is 57.0 Å². The van der Waals surface area contributed by atoms with Crippen LogP contribution in [0.4, 0.5) is 0 Å². The molecule has 0 bridgehead atoms. The van der Waals surface area contributed by atoms with Gasteiger partial charge >= 0.3 is 0 Å². The van der Waals surface area contributed by atoms with Gasteiger partial charge in [0, 0.05) is 18.3 Å². The molecule has 0 radical (unpaired) electrons. The van der Waals surface area contributed by atoms with Crippen molar-refractivity contribution in [2.24, 2.45) is 5.73 Å². The topological polar surface area (TPSA) is 85.1 Å². The quantitative estimate of drug-likeness (QED) is 0.799. The van der Waals surface area contributed by atoms with Crippen LogP contribution in [0, 0.1) is 0 Å². The first-order valence-electron chi connectivity index (χ1n) is 6.62. The molecule has 0 fully saturated rings. The molecule has 1 heterocycles. The summed E-state index contributed by atoms with van der Waals surface area (Å²) in [6, 6.07) is 3.18. The Kier molecular flexibility index (Phi) is 5.46. The minimum atomic E-state index is -3.53. The lowest BCUT2D eigenvalue weighted by molar-refractivity contribution is 0.341. The van der Waals surface area contributed by atoms with Gasteiger partial charge in [-0.05, 0) is 31.4 Å². The molecular formula is C13H23N3O2S. The van der Waals surface area contributed by atoms with Crippen molar-refractivity contribution in [1.82, 2.24) is 9.71 Å². The first-order chi connectivity index (χ1) is 8.93. The number of pyridine rings is 1. The molecule has 0 atom stereocenters. The maximum absolute atomic E-state index is 12.3. The van der Waals surface area contributed by atoms with E-state index in [1.165, 1.54) is 6.20 Å². The van der Waals surface area contributed by atoms with Crippen molar-refractivity contribution >= 4 is 10.0 Å². The van der Waals surface area contributed by atoms with Gasteiger partial charge in [-0.3, -0.25) is 4.98 Å². The highest BCUT2D eigenvalue weighted by molar-refractivity contribution is 7.89. The Morgan fingerprint density at radius 1 is 1.21 bits per heavy atom. The summed E-state index contributed by atoms with van der Waals surface area (Å²) in [5.74, 6) is 0. The van der Waals surface area contributed by atoms with Crippen molar-refractivity contribution < 1.29 is 8.42 Å². The Morgan fingerprint density at radius 2 is 1.79 bits per heavy atom. The third-order valence-corrected chi connectivity index (χ3v) is 5.26. The van der Waals surface area contributed by atoms with E-state index in [0.29, 0.717) is 12.2 Å². The second-order valence-corrected chi connectivity index (χ2v) is 6.32. The maximum Gasteiger partial charge on any atom is 0.242 e. The van der Waals surface area contributed by atoms with Gasteiger partial charge in [-0.2, -0.15) is 0 Å².